The Morgan fingerprint density at radius 2 is 1.54 bits per heavy atom. The van der Waals surface area contributed by atoms with Crippen molar-refractivity contribution in [2.45, 2.75) is 13.3 Å². The minimum atomic E-state index is 0.811. The third-order valence-electron chi connectivity index (χ3n) is 4.73. The summed E-state index contributed by atoms with van der Waals surface area (Å²) in [4.78, 5) is 3.37. The molecule has 7 nitrogen and oxygen atoms in total. The van der Waals surface area contributed by atoms with E-state index in [2.05, 4.69) is 35.2 Å². The molecule has 0 saturated heterocycles. The third-order valence-corrected chi connectivity index (χ3v) is 4.73. The van der Waals surface area contributed by atoms with Gasteiger partial charge in [-0.1, -0.05) is 0 Å². The fourth-order valence-electron chi connectivity index (χ4n) is 3.03. The zero-order chi connectivity index (χ0) is 17.9. The lowest BCUT2D eigenvalue weighted by molar-refractivity contribution is -0.922. The average Bonchev–Trinajstić information content (AvgIpc) is 2.60. The maximum atomic E-state index is 5.64. The molecule has 2 unspecified atom stereocenters. The highest BCUT2D eigenvalue weighted by molar-refractivity contribution is 4.36. The summed E-state index contributed by atoms with van der Waals surface area (Å²) in [5.41, 5.74) is 5.64. The second kappa shape index (κ2) is 19.1. The molecule has 0 heterocycles. The van der Waals surface area contributed by atoms with Crippen molar-refractivity contribution in [1.29, 1.82) is 0 Å². The third kappa shape index (κ3) is 15.3. The second-order valence-electron chi connectivity index (χ2n) is 6.78. The Morgan fingerprint density at radius 3 is 2.17 bits per heavy atom. The molecule has 0 bridgehead atoms. The first-order valence-electron chi connectivity index (χ1n) is 10.2. The molecule has 24 heavy (non-hydrogen) atoms. The number of quaternary nitrogens is 5. The summed E-state index contributed by atoms with van der Waals surface area (Å²) < 4.78 is 0. The predicted octanol–water partition coefficient (Wildman–Crippen LogP) is -7.34. The fourth-order valence-corrected chi connectivity index (χ4v) is 3.03. The maximum Gasteiger partial charge on any atom is 0.127 e. The lowest BCUT2D eigenvalue weighted by Gasteiger charge is -2.17. The molecule has 0 amide bonds. The molecule has 0 aliphatic heterocycles. The van der Waals surface area contributed by atoms with E-state index in [1.54, 1.807) is 9.80 Å². The van der Waals surface area contributed by atoms with E-state index in [4.69, 9.17) is 5.73 Å². The van der Waals surface area contributed by atoms with Gasteiger partial charge in [-0.3, -0.25) is 0 Å². The highest BCUT2D eigenvalue weighted by Crippen LogP contribution is 1.63. The Morgan fingerprint density at radius 1 is 0.833 bits per heavy atom. The van der Waals surface area contributed by atoms with Gasteiger partial charge in [0.1, 0.15) is 39.3 Å². The van der Waals surface area contributed by atoms with Crippen LogP contribution in [0.25, 0.3) is 0 Å². The lowest BCUT2D eigenvalue weighted by atomic mass is 10.3. The van der Waals surface area contributed by atoms with Gasteiger partial charge in [-0.05, 0) is 14.0 Å². The van der Waals surface area contributed by atoms with Crippen LogP contribution in [-0.2, 0) is 0 Å². The molecule has 0 aromatic carbocycles. The van der Waals surface area contributed by atoms with Crippen molar-refractivity contribution in [3.05, 3.63) is 0 Å². The molecule has 11 N–H and O–H groups in total. The number of nitrogens with two attached hydrogens (primary N) is 4. The van der Waals surface area contributed by atoms with Gasteiger partial charge in [-0.2, -0.15) is 0 Å². The van der Waals surface area contributed by atoms with E-state index in [0.717, 1.165) is 19.6 Å². The van der Waals surface area contributed by atoms with Crippen molar-refractivity contribution in [3.8, 4) is 0 Å². The average molecular weight is 351 g/mol. The number of hydrogen-bond acceptors (Lipinski definition) is 2. The molecule has 0 rings (SSSR count). The second-order valence-corrected chi connectivity index (χ2v) is 6.78. The fraction of sp³-hybridized carbons (Fsp3) is 1.00. The molecule has 0 aliphatic rings. The van der Waals surface area contributed by atoms with Gasteiger partial charge in [-0.15, -0.1) is 0 Å². The standard InChI is InChI=1S/C17H43N7/c1-4-23(14-6-18)13-5-7-21-8-9-22-12-17-24(15-10-19-2)16-11-20-3/h19-22H,4-18H2,1-3H3/p+5. The zero-order valence-corrected chi connectivity index (χ0v) is 16.7. The molecule has 0 saturated carbocycles. The first-order valence-corrected chi connectivity index (χ1v) is 10.2. The van der Waals surface area contributed by atoms with Crippen LogP contribution in [0.2, 0.25) is 0 Å². The molecular weight excluding hydrogens is 302 g/mol. The summed E-state index contributed by atoms with van der Waals surface area (Å²) in [7, 11) is 4.21. The van der Waals surface area contributed by atoms with Crippen LogP contribution in [0, 0.1) is 0 Å². The molecule has 0 fully saturated rings. The molecule has 2 atom stereocenters. The van der Waals surface area contributed by atoms with Crippen LogP contribution in [0.15, 0.2) is 0 Å². The molecule has 7 heteroatoms. The van der Waals surface area contributed by atoms with Gasteiger partial charge in [0.25, 0.3) is 0 Å². The summed E-state index contributed by atoms with van der Waals surface area (Å²) in [5.74, 6) is 0. The van der Waals surface area contributed by atoms with E-state index in [9.17, 15) is 0 Å². The van der Waals surface area contributed by atoms with Gasteiger partial charge >= 0.3 is 0 Å². The van der Waals surface area contributed by atoms with E-state index in [1.807, 2.05) is 7.05 Å². The van der Waals surface area contributed by atoms with E-state index in [0.29, 0.717) is 0 Å². The van der Waals surface area contributed by atoms with Gasteiger partial charge in [-0.25, -0.2) is 0 Å². The van der Waals surface area contributed by atoms with Crippen LogP contribution < -0.4 is 36.8 Å². The summed E-state index contributed by atoms with van der Waals surface area (Å²) in [6.45, 7) is 17.8. The van der Waals surface area contributed by atoms with E-state index in [-0.39, 0.29) is 0 Å². The Bertz CT molecular complexity index is 233. The van der Waals surface area contributed by atoms with Crippen LogP contribution in [0.5, 0.6) is 0 Å². The minimum absolute atomic E-state index is 0.811. The van der Waals surface area contributed by atoms with Gasteiger partial charge < -0.3 is 36.8 Å². The van der Waals surface area contributed by atoms with Crippen molar-refractivity contribution < 1.29 is 25.8 Å². The zero-order valence-electron chi connectivity index (χ0n) is 16.7. The molecule has 0 aromatic heterocycles. The monoisotopic (exact) mass is 350 g/mol. The Kier molecular flexibility index (Phi) is 18.8. The van der Waals surface area contributed by atoms with Crippen LogP contribution in [-0.4, -0.2) is 99.2 Å². The van der Waals surface area contributed by atoms with Crippen molar-refractivity contribution in [3.63, 3.8) is 0 Å². The van der Waals surface area contributed by atoms with Crippen molar-refractivity contribution in [2.24, 2.45) is 5.73 Å². The first-order chi connectivity index (χ1) is 11.8. The van der Waals surface area contributed by atoms with Gasteiger partial charge in [0.05, 0.1) is 39.8 Å². The van der Waals surface area contributed by atoms with Crippen LogP contribution >= 0.6 is 0 Å². The SMILES string of the molecule is CC[NH+](CCN)CCC[NH2+]CC[NH2+]CC[NH+](CCNC)CC[NH2+]C. The molecule has 0 spiro atoms. The Balaban J connectivity index is 3.46. The Hall–Kier alpha value is -0.280. The van der Waals surface area contributed by atoms with Crippen LogP contribution in [0.3, 0.4) is 0 Å². The van der Waals surface area contributed by atoms with E-state index >= 15 is 0 Å². The van der Waals surface area contributed by atoms with Crippen molar-refractivity contribution in [2.75, 3.05) is 99.2 Å². The van der Waals surface area contributed by atoms with Crippen molar-refractivity contribution >= 4 is 0 Å². The highest BCUT2D eigenvalue weighted by atomic mass is 15.2. The topological polar surface area (TPSA) is 96.8 Å². The van der Waals surface area contributed by atoms with Gasteiger partial charge in [0.2, 0.25) is 0 Å². The van der Waals surface area contributed by atoms with E-state index in [1.165, 1.54) is 71.9 Å². The van der Waals surface area contributed by atoms with Crippen LogP contribution in [0.4, 0.5) is 0 Å². The minimum Gasteiger partial charge on any atom is -0.344 e. The van der Waals surface area contributed by atoms with Crippen molar-refractivity contribution in [1.82, 2.24) is 5.32 Å². The molecule has 0 aliphatic carbocycles. The number of nitrogens with one attached hydrogen (secondary N) is 3. The molecule has 0 aromatic rings. The molecule has 146 valence electrons. The largest absolute Gasteiger partial charge is 0.344 e. The lowest BCUT2D eigenvalue weighted by Crippen LogP contribution is -3.17. The van der Waals surface area contributed by atoms with Gasteiger partial charge in [0, 0.05) is 19.5 Å². The van der Waals surface area contributed by atoms with Crippen LogP contribution in [0.1, 0.15) is 13.3 Å². The number of hydrogen-bond donors (Lipinski definition) is 7. The quantitative estimate of drug-likeness (QED) is 0.118. The smallest absolute Gasteiger partial charge is 0.127 e. The summed E-state index contributed by atoms with van der Waals surface area (Å²) in [6, 6.07) is 0. The Labute approximate surface area is 150 Å². The van der Waals surface area contributed by atoms with Gasteiger partial charge in [0.15, 0.2) is 0 Å². The summed E-state index contributed by atoms with van der Waals surface area (Å²) in [6.07, 6.45) is 1.30. The normalized spacial score (nSPS) is 14.0. The summed E-state index contributed by atoms with van der Waals surface area (Å²) in [5, 5.41) is 10.5. The van der Waals surface area contributed by atoms with E-state index < -0.39 is 0 Å². The highest BCUT2D eigenvalue weighted by Gasteiger charge is 2.09. The number of likely N-dealkylation sites (N-methyl/N-ethyl adjacent to an activating group) is 3. The maximum absolute atomic E-state index is 5.64. The predicted molar refractivity (Wildman–Crippen MR) is 100 cm³/mol. The molecular formula is C17H48N7+5. The first kappa shape index (κ1) is 23.7. The number of rotatable bonds is 19. The molecule has 0 radical (unpaired) electrons. The summed E-state index contributed by atoms with van der Waals surface area (Å²) >= 11 is 0.